The van der Waals surface area contributed by atoms with Crippen molar-refractivity contribution in [2.24, 2.45) is 5.73 Å². The maximum atomic E-state index is 11.7. The minimum absolute atomic E-state index is 0.0638. The van der Waals surface area contributed by atoms with Gasteiger partial charge in [-0.3, -0.25) is 4.79 Å². The van der Waals surface area contributed by atoms with Crippen molar-refractivity contribution >= 4 is 12.0 Å². The molecule has 0 aromatic heterocycles. The average Bonchev–Trinajstić information content (AvgIpc) is 2.75. The van der Waals surface area contributed by atoms with Crippen LogP contribution in [0.3, 0.4) is 0 Å². The summed E-state index contributed by atoms with van der Waals surface area (Å²) in [5, 5.41) is 11.4. The maximum Gasteiger partial charge on any atom is 0.323 e. The van der Waals surface area contributed by atoms with Gasteiger partial charge in [0.15, 0.2) is 0 Å². The molecule has 0 aliphatic heterocycles. The molecule has 0 aromatic carbocycles. The molecule has 1 aliphatic carbocycles. The van der Waals surface area contributed by atoms with E-state index in [0.29, 0.717) is 13.1 Å². The molecule has 0 aromatic rings. The van der Waals surface area contributed by atoms with Gasteiger partial charge in [-0.15, -0.1) is 0 Å². The molecule has 0 saturated heterocycles. The summed E-state index contributed by atoms with van der Waals surface area (Å²) in [6.07, 6.45) is 3.91. The van der Waals surface area contributed by atoms with Crippen LogP contribution >= 0.6 is 0 Å². The summed E-state index contributed by atoms with van der Waals surface area (Å²) in [7, 11) is 0. The first-order chi connectivity index (χ1) is 7.65. The molecule has 2 amide bonds. The quantitative estimate of drug-likeness (QED) is 0.617. The van der Waals surface area contributed by atoms with Crippen molar-refractivity contribution in [2.75, 3.05) is 19.6 Å². The van der Waals surface area contributed by atoms with E-state index < -0.39 is 5.97 Å². The fourth-order valence-corrected chi connectivity index (χ4v) is 2.01. The molecule has 0 atom stereocenters. The minimum Gasteiger partial charge on any atom is -0.480 e. The summed E-state index contributed by atoms with van der Waals surface area (Å²) in [5.74, 6) is -0.977. The predicted molar refractivity (Wildman–Crippen MR) is 59.1 cm³/mol. The van der Waals surface area contributed by atoms with E-state index in [1.165, 1.54) is 4.90 Å². The largest absolute Gasteiger partial charge is 0.480 e. The normalized spacial score (nSPS) is 16.1. The molecule has 0 spiro atoms. The summed E-state index contributed by atoms with van der Waals surface area (Å²) in [6.45, 7) is 0.500. The SMILES string of the molecule is NCCNC(=O)N(CC(=O)O)C1CCCC1. The van der Waals surface area contributed by atoms with E-state index in [2.05, 4.69) is 5.32 Å². The molecule has 1 rings (SSSR count). The van der Waals surface area contributed by atoms with Gasteiger partial charge in [0.25, 0.3) is 0 Å². The number of amides is 2. The Hall–Kier alpha value is -1.30. The van der Waals surface area contributed by atoms with E-state index in [1.807, 2.05) is 0 Å². The van der Waals surface area contributed by atoms with E-state index in [9.17, 15) is 9.59 Å². The van der Waals surface area contributed by atoms with Gasteiger partial charge in [0.2, 0.25) is 0 Å². The zero-order valence-corrected chi connectivity index (χ0v) is 9.32. The van der Waals surface area contributed by atoms with Crippen LogP contribution in [0.15, 0.2) is 0 Å². The Labute approximate surface area is 94.8 Å². The van der Waals surface area contributed by atoms with Crippen LogP contribution in [0.2, 0.25) is 0 Å². The maximum absolute atomic E-state index is 11.7. The number of rotatable bonds is 5. The molecule has 0 radical (unpaired) electrons. The summed E-state index contributed by atoms with van der Waals surface area (Å²) in [6, 6.07) is -0.256. The first-order valence-corrected chi connectivity index (χ1v) is 5.61. The summed E-state index contributed by atoms with van der Waals surface area (Å²) >= 11 is 0. The number of nitrogens with one attached hydrogen (secondary N) is 1. The first kappa shape index (κ1) is 12.8. The van der Waals surface area contributed by atoms with Crippen molar-refractivity contribution in [2.45, 2.75) is 31.7 Å². The van der Waals surface area contributed by atoms with Gasteiger partial charge in [0.05, 0.1) is 0 Å². The van der Waals surface area contributed by atoms with Crippen molar-refractivity contribution in [1.82, 2.24) is 10.2 Å². The van der Waals surface area contributed by atoms with Crippen molar-refractivity contribution < 1.29 is 14.7 Å². The number of carboxylic acid groups (broad SMARTS) is 1. The van der Waals surface area contributed by atoms with Crippen LogP contribution in [-0.4, -0.2) is 47.7 Å². The van der Waals surface area contributed by atoms with Crippen LogP contribution in [0.1, 0.15) is 25.7 Å². The molecule has 6 heteroatoms. The second-order valence-electron chi connectivity index (χ2n) is 3.98. The summed E-state index contributed by atoms with van der Waals surface area (Å²) in [5.41, 5.74) is 5.28. The lowest BCUT2D eigenvalue weighted by molar-refractivity contribution is -0.138. The molecular formula is C10H19N3O3. The Bertz CT molecular complexity index is 252. The summed E-state index contributed by atoms with van der Waals surface area (Å²) in [4.78, 5) is 23.8. The molecule has 4 N–H and O–H groups in total. The van der Waals surface area contributed by atoms with Gasteiger partial charge in [0.1, 0.15) is 6.54 Å². The second-order valence-corrected chi connectivity index (χ2v) is 3.98. The second kappa shape index (κ2) is 6.32. The number of nitrogens with two attached hydrogens (primary N) is 1. The standard InChI is InChI=1S/C10H19N3O3/c11-5-6-12-10(16)13(7-9(14)15)8-3-1-2-4-8/h8H,1-7,11H2,(H,12,16)(H,14,15). The van der Waals surface area contributed by atoms with Crippen LogP contribution < -0.4 is 11.1 Å². The number of carboxylic acids is 1. The van der Waals surface area contributed by atoms with Gasteiger partial charge in [-0.1, -0.05) is 12.8 Å². The fraction of sp³-hybridized carbons (Fsp3) is 0.800. The minimum atomic E-state index is -0.977. The van der Waals surface area contributed by atoms with Crippen LogP contribution in [0.25, 0.3) is 0 Å². The number of hydrogen-bond acceptors (Lipinski definition) is 3. The van der Waals surface area contributed by atoms with E-state index in [1.54, 1.807) is 0 Å². The summed E-state index contributed by atoms with van der Waals surface area (Å²) < 4.78 is 0. The van der Waals surface area contributed by atoms with Gasteiger partial charge in [-0.25, -0.2) is 4.79 Å². The van der Waals surface area contributed by atoms with E-state index in [0.717, 1.165) is 25.7 Å². The van der Waals surface area contributed by atoms with Gasteiger partial charge >= 0.3 is 12.0 Å². The molecule has 0 heterocycles. The smallest absolute Gasteiger partial charge is 0.323 e. The number of nitrogens with zero attached hydrogens (tertiary/aromatic N) is 1. The molecule has 0 bridgehead atoms. The third-order valence-electron chi connectivity index (χ3n) is 2.75. The van der Waals surface area contributed by atoms with Crippen molar-refractivity contribution in [3.8, 4) is 0 Å². The van der Waals surface area contributed by atoms with E-state index in [-0.39, 0.29) is 18.6 Å². The van der Waals surface area contributed by atoms with Gasteiger partial charge in [0, 0.05) is 19.1 Å². The number of aliphatic carboxylic acids is 1. The van der Waals surface area contributed by atoms with Crippen LogP contribution in [0, 0.1) is 0 Å². The Morgan fingerprint density at radius 3 is 2.50 bits per heavy atom. The lowest BCUT2D eigenvalue weighted by Gasteiger charge is -2.27. The highest BCUT2D eigenvalue weighted by Crippen LogP contribution is 2.23. The van der Waals surface area contributed by atoms with Crippen molar-refractivity contribution in [1.29, 1.82) is 0 Å². The van der Waals surface area contributed by atoms with Gasteiger partial charge < -0.3 is 21.1 Å². The molecule has 6 nitrogen and oxygen atoms in total. The molecular weight excluding hydrogens is 210 g/mol. The Morgan fingerprint density at radius 1 is 1.38 bits per heavy atom. The first-order valence-electron chi connectivity index (χ1n) is 5.61. The lowest BCUT2D eigenvalue weighted by atomic mass is 10.2. The van der Waals surface area contributed by atoms with E-state index in [4.69, 9.17) is 10.8 Å². The molecule has 1 fully saturated rings. The van der Waals surface area contributed by atoms with Crippen LogP contribution in [0.5, 0.6) is 0 Å². The van der Waals surface area contributed by atoms with E-state index >= 15 is 0 Å². The van der Waals surface area contributed by atoms with Crippen LogP contribution in [0.4, 0.5) is 4.79 Å². The predicted octanol–water partition coefficient (Wildman–Crippen LogP) is -0.0161. The lowest BCUT2D eigenvalue weighted by Crippen LogP contribution is -2.48. The Morgan fingerprint density at radius 2 is 2.00 bits per heavy atom. The van der Waals surface area contributed by atoms with Crippen LogP contribution in [-0.2, 0) is 4.79 Å². The Balaban J connectivity index is 2.54. The van der Waals surface area contributed by atoms with Crippen molar-refractivity contribution in [3.05, 3.63) is 0 Å². The fourth-order valence-electron chi connectivity index (χ4n) is 2.01. The average molecular weight is 229 g/mol. The highest BCUT2D eigenvalue weighted by molar-refractivity contribution is 5.80. The monoisotopic (exact) mass is 229 g/mol. The zero-order valence-electron chi connectivity index (χ0n) is 9.32. The number of carbonyl (C=O) groups excluding carboxylic acids is 1. The molecule has 1 aliphatic rings. The van der Waals surface area contributed by atoms with Crippen molar-refractivity contribution in [3.63, 3.8) is 0 Å². The molecule has 0 unspecified atom stereocenters. The molecule has 16 heavy (non-hydrogen) atoms. The topological polar surface area (TPSA) is 95.7 Å². The number of urea groups is 1. The third kappa shape index (κ3) is 3.69. The molecule has 92 valence electrons. The number of carbonyl (C=O) groups is 2. The zero-order chi connectivity index (χ0) is 12.0. The number of hydrogen-bond donors (Lipinski definition) is 3. The highest BCUT2D eigenvalue weighted by Gasteiger charge is 2.27. The highest BCUT2D eigenvalue weighted by atomic mass is 16.4. The van der Waals surface area contributed by atoms with Gasteiger partial charge in [-0.2, -0.15) is 0 Å². The Kier molecular flexibility index (Phi) is 5.04. The molecule has 1 saturated carbocycles. The third-order valence-corrected chi connectivity index (χ3v) is 2.75. The van der Waals surface area contributed by atoms with Gasteiger partial charge in [-0.05, 0) is 12.8 Å².